The Labute approximate surface area is 150 Å². The van der Waals surface area contributed by atoms with Gasteiger partial charge in [0.25, 0.3) is 0 Å². The lowest BCUT2D eigenvalue weighted by atomic mass is 10.1. The summed E-state index contributed by atoms with van der Waals surface area (Å²) in [5.41, 5.74) is 0. The van der Waals surface area contributed by atoms with Gasteiger partial charge < -0.3 is 14.9 Å². The van der Waals surface area contributed by atoms with Gasteiger partial charge in [0.1, 0.15) is 6.10 Å². The Morgan fingerprint density at radius 3 is 1.67 bits per heavy atom. The van der Waals surface area contributed by atoms with Crippen molar-refractivity contribution < 1.29 is 14.9 Å². The number of hydrogen-bond acceptors (Lipinski definition) is 3. The Balaban J connectivity index is 3.13. The second-order valence-electron chi connectivity index (χ2n) is 6.94. The van der Waals surface area contributed by atoms with Crippen LogP contribution in [-0.4, -0.2) is 29.2 Å². The van der Waals surface area contributed by atoms with E-state index in [2.05, 4.69) is 19.1 Å². The van der Waals surface area contributed by atoms with Gasteiger partial charge in [0.15, 0.2) is 6.29 Å². The first kappa shape index (κ1) is 23.6. The Bertz CT molecular complexity index is 264. The highest BCUT2D eigenvalue weighted by molar-refractivity contribution is 4.81. The van der Waals surface area contributed by atoms with E-state index in [1.165, 1.54) is 84.0 Å². The van der Waals surface area contributed by atoms with Crippen molar-refractivity contribution in [1.29, 1.82) is 0 Å². The van der Waals surface area contributed by atoms with E-state index in [-0.39, 0.29) is 0 Å². The van der Waals surface area contributed by atoms with Crippen LogP contribution in [0.25, 0.3) is 0 Å². The van der Waals surface area contributed by atoms with Crippen LogP contribution >= 0.6 is 0 Å². The maximum atomic E-state index is 9.27. The maximum Gasteiger partial charge on any atom is 0.180 e. The predicted octanol–water partition coefficient (Wildman–Crippen LogP) is 5.74. The normalized spacial score (nSPS) is 14.3. The molecule has 0 radical (unpaired) electrons. The molecule has 24 heavy (non-hydrogen) atoms. The zero-order valence-electron chi connectivity index (χ0n) is 16.2. The SMILES string of the molecule is CCCCCCCCC=CCCCCCCCCOC(O)C(C)O. The summed E-state index contributed by atoms with van der Waals surface area (Å²) in [5, 5.41) is 18.3. The van der Waals surface area contributed by atoms with Crippen LogP contribution in [0.3, 0.4) is 0 Å². The molecule has 0 amide bonds. The van der Waals surface area contributed by atoms with Crippen LogP contribution in [0.4, 0.5) is 0 Å². The summed E-state index contributed by atoms with van der Waals surface area (Å²) in [6.07, 6.45) is 20.9. The highest BCUT2D eigenvalue weighted by Gasteiger charge is 2.09. The van der Waals surface area contributed by atoms with Crippen LogP contribution in [0.2, 0.25) is 0 Å². The van der Waals surface area contributed by atoms with E-state index < -0.39 is 12.4 Å². The van der Waals surface area contributed by atoms with Gasteiger partial charge >= 0.3 is 0 Å². The van der Waals surface area contributed by atoms with E-state index >= 15 is 0 Å². The molecule has 3 nitrogen and oxygen atoms in total. The van der Waals surface area contributed by atoms with E-state index in [1.807, 2.05) is 0 Å². The molecule has 144 valence electrons. The summed E-state index contributed by atoms with van der Waals surface area (Å²) in [6, 6.07) is 0. The molecular formula is C21H42O3. The van der Waals surface area contributed by atoms with E-state index in [0.717, 1.165) is 12.8 Å². The molecule has 0 bridgehead atoms. The van der Waals surface area contributed by atoms with Crippen LogP contribution in [0, 0.1) is 0 Å². The lowest BCUT2D eigenvalue weighted by molar-refractivity contribution is -0.156. The molecule has 0 saturated carbocycles. The third kappa shape index (κ3) is 18.0. The van der Waals surface area contributed by atoms with Crippen LogP contribution in [0.15, 0.2) is 12.2 Å². The lowest BCUT2D eigenvalue weighted by Crippen LogP contribution is -2.26. The van der Waals surface area contributed by atoms with Gasteiger partial charge in [-0.05, 0) is 39.0 Å². The van der Waals surface area contributed by atoms with Crippen LogP contribution < -0.4 is 0 Å². The molecule has 0 aliphatic heterocycles. The topological polar surface area (TPSA) is 49.7 Å². The molecule has 2 unspecified atom stereocenters. The minimum atomic E-state index is -1.03. The molecule has 0 aromatic heterocycles. The van der Waals surface area contributed by atoms with Gasteiger partial charge in [-0.1, -0.05) is 76.9 Å². The highest BCUT2D eigenvalue weighted by Crippen LogP contribution is 2.10. The smallest absolute Gasteiger partial charge is 0.180 e. The van der Waals surface area contributed by atoms with Gasteiger partial charge in [-0.2, -0.15) is 0 Å². The average molecular weight is 343 g/mol. The van der Waals surface area contributed by atoms with Crippen molar-refractivity contribution in [2.45, 2.75) is 116 Å². The summed E-state index contributed by atoms with van der Waals surface area (Å²) < 4.78 is 5.12. The average Bonchev–Trinajstić information content (AvgIpc) is 2.57. The zero-order chi connectivity index (χ0) is 17.9. The molecule has 0 aromatic rings. The molecule has 0 rings (SSSR count). The van der Waals surface area contributed by atoms with Crippen LogP contribution in [0.5, 0.6) is 0 Å². The lowest BCUT2D eigenvalue weighted by Gasteiger charge is -2.14. The van der Waals surface area contributed by atoms with Crippen molar-refractivity contribution in [3.05, 3.63) is 12.2 Å². The van der Waals surface area contributed by atoms with Gasteiger partial charge in [0.05, 0.1) is 0 Å². The summed E-state index contributed by atoms with van der Waals surface area (Å²) in [5.74, 6) is 0. The van der Waals surface area contributed by atoms with Crippen molar-refractivity contribution in [1.82, 2.24) is 0 Å². The Kier molecular flexibility index (Phi) is 18.7. The Morgan fingerprint density at radius 1 is 0.708 bits per heavy atom. The molecule has 0 saturated heterocycles. The molecule has 2 atom stereocenters. The summed E-state index contributed by atoms with van der Waals surface area (Å²) in [4.78, 5) is 0. The van der Waals surface area contributed by atoms with E-state index in [1.54, 1.807) is 0 Å². The summed E-state index contributed by atoms with van der Waals surface area (Å²) in [7, 11) is 0. The first-order valence-electron chi connectivity index (χ1n) is 10.3. The predicted molar refractivity (Wildman–Crippen MR) is 103 cm³/mol. The van der Waals surface area contributed by atoms with Crippen molar-refractivity contribution in [2.75, 3.05) is 6.61 Å². The maximum absolute atomic E-state index is 9.27. The summed E-state index contributed by atoms with van der Waals surface area (Å²) in [6.45, 7) is 4.34. The quantitative estimate of drug-likeness (QED) is 0.190. The number of aliphatic hydroxyl groups excluding tert-OH is 2. The number of rotatable bonds is 18. The first-order chi connectivity index (χ1) is 11.7. The second kappa shape index (κ2) is 19.0. The molecule has 0 heterocycles. The van der Waals surface area contributed by atoms with Gasteiger partial charge in [0.2, 0.25) is 0 Å². The third-order valence-electron chi connectivity index (χ3n) is 4.36. The monoisotopic (exact) mass is 342 g/mol. The molecule has 0 aliphatic carbocycles. The Hall–Kier alpha value is -0.380. The molecule has 0 aromatic carbocycles. The minimum absolute atomic E-state index is 0.535. The van der Waals surface area contributed by atoms with Crippen molar-refractivity contribution in [3.63, 3.8) is 0 Å². The van der Waals surface area contributed by atoms with E-state index in [0.29, 0.717) is 6.61 Å². The summed E-state index contributed by atoms with van der Waals surface area (Å²) >= 11 is 0. The van der Waals surface area contributed by atoms with E-state index in [4.69, 9.17) is 9.84 Å². The first-order valence-corrected chi connectivity index (χ1v) is 10.3. The molecule has 3 heteroatoms. The molecule has 0 spiro atoms. The largest absolute Gasteiger partial charge is 0.388 e. The second-order valence-corrected chi connectivity index (χ2v) is 6.94. The molecule has 2 N–H and O–H groups in total. The fourth-order valence-corrected chi connectivity index (χ4v) is 2.69. The van der Waals surface area contributed by atoms with Gasteiger partial charge in [-0.3, -0.25) is 0 Å². The molecule has 0 fully saturated rings. The van der Waals surface area contributed by atoms with Crippen molar-refractivity contribution >= 4 is 0 Å². The zero-order valence-corrected chi connectivity index (χ0v) is 16.2. The van der Waals surface area contributed by atoms with Gasteiger partial charge in [-0.25, -0.2) is 0 Å². The standard InChI is InChI=1S/C21H42O3/c1-3-4-5-6-7-8-9-10-11-12-13-14-15-16-17-18-19-24-21(23)20(2)22/h10-11,20-23H,3-9,12-19H2,1-2H3. The number of ether oxygens (including phenoxy) is 1. The molecular weight excluding hydrogens is 300 g/mol. The Morgan fingerprint density at radius 2 is 1.17 bits per heavy atom. The van der Waals surface area contributed by atoms with Crippen molar-refractivity contribution in [2.24, 2.45) is 0 Å². The minimum Gasteiger partial charge on any atom is -0.388 e. The number of aliphatic hydroxyl groups is 2. The van der Waals surface area contributed by atoms with Gasteiger partial charge in [-0.15, -0.1) is 0 Å². The fourth-order valence-electron chi connectivity index (χ4n) is 2.69. The number of allylic oxidation sites excluding steroid dienone is 2. The number of hydrogen-bond donors (Lipinski definition) is 2. The van der Waals surface area contributed by atoms with Crippen molar-refractivity contribution in [3.8, 4) is 0 Å². The van der Waals surface area contributed by atoms with E-state index in [9.17, 15) is 5.11 Å². The fraction of sp³-hybridized carbons (Fsp3) is 0.905. The highest BCUT2D eigenvalue weighted by atomic mass is 16.6. The third-order valence-corrected chi connectivity index (χ3v) is 4.36. The molecule has 0 aliphatic rings. The van der Waals surface area contributed by atoms with Crippen LogP contribution in [0.1, 0.15) is 104 Å². The number of unbranched alkanes of at least 4 members (excludes halogenated alkanes) is 12. The van der Waals surface area contributed by atoms with Gasteiger partial charge in [0, 0.05) is 6.61 Å². The van der Waals surface area contributed by atoms with Crippen LogP contribution in [-0.2, 0) is 4.74 Å².